The first-order chi connectivity index (χ1) is 4.19. The Morgan fingerprint density at radius 2 is 2.33 bits per heavy atom. The van der Waals surface area contributed by atoms with Crippen molar-refractivity contribution < 1.29 is 9.87 Å². The zero-order chi connectivity index (χ0) is 8.58. The molecule has 0 atom stereocenters. The van der Waals surface area contributed by atoms with Crippen molar-refractivity contribution in [3.8, 4) is 0 Å². The van der Waals surface area contributed by atoms with Crippen molar-refractivity contribution in [1.29, 1.82) is 0 Å². The molecule has 0 amide bonds. The van der Waals surface area contributed by atoms with Crippen LogP contribution in [0.1, 0.15) is 25.7 Å². The molecule has 0 saturated carbocycles. The molecule has 0 aromatic heterocycles. The summed E-state index contributed by atoms with van der Waals surface area (Å²) in [5.74, 6) is -0.660. The molecule has 0 unspecified atom stereocenters. The van der Waals surface area contributed by atoms with Gasteiger partial charge in [0.05, 0.1) is 9.37 Å². The molecule has 1 heteroatoms. The Morgan fingerprint density at radius 1 is 1.83 bits per heavy atom. The Hall–Kier alpha value is -0.0700. The zero-order valence-corrected chi connectivity index (χ0v) is 3.96. The molecule has 38 valence electrons. The van der Waals surface area contributed by atoms with Crippen molar-refractivity contribution in [2.45, 2.75) is 20.2 Å². The SMILES string of the molecule is [2H]C([2H])(F)C([2H])([2H])C(C)C. The van der Waals surface area contributed by atoms with E-state index in [4.69, 9.17) is 5.48 Å². The summed E-state index contributed by atoms with van der Waals surface area (Å²) in [5, 5.41) is 0. The maximum absolute atomic E-state index is 12.4. The molecule has 0 aliphatic rings. The second-order valence-electron chi connectivity index (χ2n) is 1.39. The molecule has 0 fully saturated rings. The second-order valence-corrected chi connectivity index (χ2v) is 1.39. The van der Waals surface area contributed by atoms with Gasteiger partial charge in [0.15, 0.2) is 0 Å². The lowest BCUT2D eigenvalue weighted by Gasteiger charge is -1.93. The first kappa shape index (κ1) is 1.81. The predicted molar refractivity (Wildman–Crippen MR) is 25.4 cm³/mol. The maximum atomic E-state index is 12.4. The largest absolute Gasteiger partial charge is 0.251 e. The van der Waals surface area contributed by atoms with E-state index in [0.717, 1.165) is 0 Å². The molecule has 0 N–H and O–H groups in total. The summed E-state index contributed by atoms with van der Waals surface area (Å²) in [6.07, 6.45) is -2.40. The predicted octanol–water partition coefficient (Wildman–Crippen LogP) is 2.00. The van der Waals surface area contributed by atoms with Crippen LogP contribution in [0.15, 0.2) is 0 Å². The summed E-state index contributed by atoms with van der Waals surface area (Å²) in [6, 6.07) is 0. The van der Waals surface area contributed by atoms with E-state index < -0.39 is 18.9 Å². The Kier molecular flexibility index (Phi) is 0.944. The van der Waals surface area contributed by atoms with Crippen molar-refractivity contribution >= 4 is 0 Å². The van der Waals surface area contributed by atoms with E-state index in [1.807, 2.05) is 0 Å². The first-order valence-corrected chi connectivity index (χ1v) is 1.88. The lowest BCUT2D eigenvalue weighted by molar-refractivity contribution is 0.420. The van der Waals surface area contributed by atoms with Crippen LogP contribution in [0.3, 0.4) is 0 Å². The maximum Gasteiger partial charge on any atom is 0.0896 e. The molecule has 0 aliphatic carbocycles. The molecule has 0 saturated heterocycles. The summed E-state index contributed by atoms with van der Waals surface area (Å²) >= 11 is 0. The van der Waals surface area contributed by atoms with Gasteiger partial charge in [-0.1, -0.05) is 13.8 Å². The molecule has 0 spiro atoms. The number of rotatable bonds is 2. The summed E-state index contributed by atoms with van der Waals surface area (Å²) in [4.78, 5) is 0. The van der Waals surface area contributed by atoms with Gasteiger partial charge >= 0.3 is 0 Å². The lowest BCUT2D eigenvalue weighted by atomic mass is 10.2. The highest BCUT2D eigenvalue weighted by atomic mass is 19.1. The molecule has 0 rings (SSSR count). The highest BCUT2D eigenvalue weighted by Gasteiger charge is 1.87. The number of alkyl halides is 1. The van der Waals surface area contributed by atoms with E-state index >= 15 is 0 Å². The van der Waals surface area contributed by atoms with E-state index in [1.54, 1.807) is 0 Å². The molecule has 0 aromatic carbocycles. The third-order valence-corrected chi connectivity index (χ3v) is 0.343. The molecular weight excluding hydrogens is 79.1 g/mol. The van der Waals surface area contributed by atoms with E-state index in [0.29, 0.717) is 0 Å². The van der Waals surface area contributed by atoms with E-state index in [1.165, 1.54) is 13.8 Å². The summed E-state index contributed by atoms with van der Waals surface area (Å²) < 4.78 is 39.3. The van der Waals surface area contributed by atoms with Crippen LogP contribution < -0.4 is 0 Å². The normalized spacial score (nSPS) is 24.7. The van der Waals surface area contributed by atoms with Gasteiger partial charge in [-0.3, -0.25) is 4.39 Å². The second kappa shape index (κ2) is 3.13. The standard InChI is InChI=1S/C5H11F/c1-5(2)3-4-6/h5H,3-4H2,1-2H3/i3D2,4D2. The Labute approximate surface area is 44.0 Å². The van der Waals surface area contributed by atoms with Crippen molar-refractivity contribution in [1.82, 2.24) is 0 Å². The summed E-state index contributed by atoms with van der Waals surface area (Å²) in [6.45, 7) is -0.365. The van der Waals surface area contributed by atoms with Gasteiger partial charge in [0.2, 0.25) is 0 Å². The number of hydrogen-bond donors (Lipinski definition) is 0. The highest BCUT2D eigenvalue weighted by Crippen LogP contribution is 1.96. The molecule has 0 heterocycles. The van der Waals surface area contributed by atoms with Crippen LogP contribution in [0.4, 0.5) is 4.39 Å². The van der Waals surface area contributed by atoms with Gasteiger partial charge in [-0.25, -0.2) is 0 Å². The molecular formula is C5H11F. The average Bonchev–Trinajstić information content (AvgIpc) is 1.62. The Balaban J connectivity index is 4.40. The van der Waals surface area contributed by atoms with Gasteiger partial charge in [0.1, 0.15) is 0 Å². The van der Waals surface area contributed by atoms with Gasteiger partial charge in [-0.15, -0.1) is 0 Å². The number of hydrogen-bond acceptors (Lipinski definition) is 0. The Morgan fingerprint density at radius 3 is 2.33 bits per heavy atom. The van der Waals surface area contributed by atoms with Crippen molar-refractivity contribution in [3.05, 3.63) is 0 Å². The van der Waals surface area contributed by atoms with E-state index in [-0.39, 0.29) is 0 Å². The third-order valence-electron chi connectivity index (χ3n) is 0.343. The smallest absolute Gasteiger partial charge is 0.0896 e. The van der Waals surface area contributed by atoms with Crippen LogP contribution in [0.25, 0.3) is 0 Å². The van der Waals surface area contributed by atoms with Crippen LogP contribution in [0, 0.1) is 5.92 Å². The third kappa shape index (κ3) is 3.93. The molecule has 6 heavy (non-hydrogen) atoms. The zero-order valence-electron chi connectivity index (χ0n) is 7.96. The van der Waals surface area contributed by atoms with Crippen molar-refractivity contribution in [2.75, 3.05) is 6.63 Å². The van der Waals surface area contributed by atoms with Gasteiger partial charge in [0, 0.05) is 2.74 Å². The minimum atomic E-state index is -3.25. The number of halogens is 1. The summed E-state index contributed by atoms with van der Waals surface area (Å²) in [5.41, 5.74) is 0. The minimum Gasteiger partial charge on any atom is -0.251 e. The van der Waals surface area contributed by atoms with Crippen LogP contribution in [-0.2, 0) is 0 Å². The summed E-state index contributed by atoms with van der Waals surface area (Å²) in [7, 11) is 0. The van der Waals surface area contributed by atoms with Crippen LogP contribution in [0.2, 0.25) is 0 Å². The topological polar surface area (TPSA) is 0 Å². The monoisotopic (exact) mass is 94.1 g/mol. The lowest BCUT2D eigenvalue weighted by Crippen LogP contribution is -1.85. The van der Waals surface area contributed by atoms with Crippen LogP contribution in [-0.4, -0.2) is 6.63 Å². The van der Waals surface area contributed by atoms with Crippen LogP contribution in [0.5, 0.6) is 0 Å². The van der Waals surface area contributed by atoms with Gasteiger partial charge < -0.3 is 0 Å². The average molecular weight is 94.2 g/mol. The van der Waals surface area contributed by atoms with Gasteiger partial charge in [-0.05, 0) is 12.3 Å². The quantitative estimate of drug-likeness (QED) is 0.491. The molecule has 0 nitrogen and oxygen atoms in total. The van der Waals surface area contributed by atoms with Crippen LogP contribution >= 0.6 is 0 Å². The van der Waals surface area contributed by atoms with Gasteiger partial charge in [0.25, 0.3) is 0 Å². The minimum absolute atomic E-state index is 0.660. The fraction of sp³-hybridized carbons (Fsp3) is 1.00. The molecule has 0 radical (unpaired) electrons. The fourth-order valence-electron chi connectivity index (χ4n) is 0.109. The van der Waals surface area contributed by atoms with Crippen molar-refractivity contribution in [2.24, 2.45) is 5.92 Å². The highest BCUT2D eigenvalue weighted by molar-refractivity contribution is 4.39. The first-order valence-electron chi connectivity index (χ1n) is 3.88. The van der Waals surface area contributed by atoms with E-state index in [2.05, 4.69) is 0 Å². The van der Waals surface area contributed by atoms with E-state index in [9.17, 15) is 4.39 Å². The molecule has 0 aliphatic heterocycles. The van der Waals surface area contributed by atoms with Gasteiger partial charge in [-0.2, -0.15) is 0 Å². The molecule has 0 bridgehead atoms. The Bertz CT molecular complexity index is 115. The molecule has 0 aromatic rings. The fourth-order valence-corrected chi connectivity index (χ4v) is 0.109. The van der Waals surface area contributed by atoms with Crippen molar-refractivity contribution in [3.63, 3.8) is 0 Å².